The Hall–Kier alpha value is -1.51. The molecule has 0 spiro atoms. The maximum Gasteiger partial charge on any atom is 0.227 e. The quantitative estimate of drug-likeness (QED) is 0.705. The van der Waals surface area contributed by atoms with Gasteiger partial charge in [-0.15, -0.1) is 0 Å². The average molecular weight is 412 g/mol. The molecule has 2 fully saturated rings. The molecule has 1 amide bonds. The summed E-state index contributed by atoms with van der Waals surface area (Å²) in [6, 6.07) is 6.65. The molecule has 2 heterocycles. The lowest BCUT2D eigenvalue weighted by molar-refractivity contribution is -0.139. The number of sulfone groups is 1. The minimum Gasteiger partial charge on any atom is -0.340 e. The van der Waals surface area contributed by atoms with Crippen molar-refractivity contribution in [3.8, 4) is 0 Å². The van der Waals surface area contributed by atoms with Crippen molar-refractivity contribution in [2.24, 2.45) is 5.92 Å². The number of rotatable bonds is 6. The number of amides is 1. The van der Waals surface area contributed by atoms with E-state index in [9.17, 15) is 17.6 Å². The molecular weight excluding hydrogens is 381 g/mol. The largest absolute Gasteiger partial charge is 0.340 e. The number of carbonyl (C=O) groups is 1. The highest BCUT2D eigenvalue weighted by Crippen LogP contribution is 2.21. The van der Waals surface area contributed by atoms with Crippen molar-refractivity contribution >= 4 is 15.7 Å². The summed E-state index contributed by atoms with van der Waals surface area (Å²) in [6.45, 7) is 5.60. The van der Waals surface area contributed by atoms with E-state index in [0.29, 0.717) is 32.7 Å². The second-order valence-corrected chi connectivity index (χ2v) is 10.3. The molecule has 0 saturated carbocycles. The van der Waals surface area contributed by atoms with E-state index < -0.39 is 9.84 Å². The number of piperidine rings is 1. The average Bonchev–Trinajstić information content (AvgIpc) is 2.66. The summed E-state index contributed by atoms with van der Waals surface area (Å²) in [5.41, 5.74) is 0.938. The van der Waals surface area contributed by atoms with Crippen molar-refractivity contribution in [1.29, 1.82) is 0 Å². The van der Waals surface area contributed by atoms with Gasteiger partial charge in [-0.25, -0.2) is 12.8 Å². The van der Waals surface area contributed by atoms with E-state index in [0.717, 1.165) is 38.0 Å². The maximum absolute atomic E-state index is 13.4. The predicted molar refractivity (Wildman–Crippen MR) is 107 cm³/mol. The highest BCUT2D eigenvalue weighted by Gasteiger charge is 2.31. The predicted octanol–water partition coefficient (Wildman–Crippen LogP) is 1.23. The van der Waals surface area contributed by atoms with Crippen molar-refractivity contribution in [1.82, 2.24) is 14.7 Å². The van der Waals surface area contributed by atoms with Gasteiger partial charge >= 0.3 is 0 Å². The van der Waals surface area contributed by atoms with Crippen LogP contribution in [-0.2, 0) is 21.2 Å². The third kappa shape index (κ3) is 6.25. The number of likely N-dealkylation sites (tertiary alicyclic amines) is 1. The van der Waals surface area contributed by atoms with Gasteiger partial charge in [-0.05, 0) is 37.1 Å². The van der Waals surface area contributed by atoms with Crippen LogP contribution < -0.4 is 0 Å². The van der Waals surface area contributed by atoms with E-state index in [1.807, 2.05) is 11.0 Å². The number of piperazine rings is 1. The lowest BCUT2D eigenvalue weighted by Crippen LogP contribution is -2.53. The molecular formula is C20H30FN3O3S. The number of carbonyl (C=O) groups excluding carboxylic acids is 1. The lowest BCUT2D eigenvalue weighted by atomic mass is 9.95. The molecule has 2 aliphatic heterocycles. The van der Waals surface area contributed by atoms with Crippen LogP contribution >= 0.6 is 0 Å². The third-order valence-corrected chi connectivity index (χ3v) is 6.54. The van der Waals surface area contributed by atoms with Crippen molar-refractivity contribution in [2.45, 2.75) is 19.4 Å². The highest BCUT2D eigenvalue weighted by molar-refractivity contribution is 7.90. The summed E-state index contributed by atoms with van der Waals surface area (Å²) in [5.74, 6) is 0.131. The maximum atomic E-state index is 13.4. The molecule has 2 saturated heterocycles. The van der Waals surface area contributed by atoms with Crippen LogP contribution in [0.3, 0.4) is 0 Å². The van der Waals surface area contributed by atoms with Crippen LogP contribution in [0.1, 0.15) is 18.4 Å². The Balaban J connectivity index is 1.48. The highest BCUT2D eigenvalue weighted by atomic mass is 32.2. The Morgan fingerprint density at radius 3 is 2.57 bits per heavy atom. The third-order valence-electron chi connectivity index (χ3n) is 5.61. The SMILES string of the molecule is CS(=O)(=O)CCN1CCN(C(=O)C2CCCN(Cc3cccc(F)c3)C2)CC1. The van der Waals surface area contributed by atoms with Gasteiger partial charge < -0.3 is 4.90 Å². The molecule has 1 aromatic carbocycles. The van der Waals surface area contributed by atoms with Gasteiger partial charge in [0, 0.05) is 52.1 Å². The van der Waals surface area contributed by atoms with Crippen LogP contribution in [0.2, 0.25) is 0 Å². The molecule has 0 aromatic heterocycles. The molecule has 1 atom stereocenters. The number of halogens is 1. The van der Waals surface area contributed by atoms with Gasteiger partial charge in [0.1, 0.15) is 15.7 Å². The Morgan fingerprint density at radius 2 is 1.89 bits per heavy atom. The molecule has 6 nitrogen and oxygen atoms in total. The van der Waals surface area contributed by atoms with Gasteiger partial charge in [-0.1, -0.05) is 12.1 Å². The lowest BCUT2D eigenvalue weighted by Gasteiger charge is -2.39. The molecule has 28 heavy (non-hydrogen) atoms. The number of hydrogen-bond donors (Lipinski definition) is 0. The first kappa shape index (κ1) is 21.2. The van der Waals surface area contributed by atoms with Gasteiger partial charge in [0.25, 0.3) is 0 Å². The zero-order valence-electron chi connectivity index (χ0n) is 16.5. The summed E-state index contributed by atoms with van der Waals surface area (Å²) in [7, 11) is -2.96. The minimum absolute atomic E-state index is 0.00937. The van der Waals surface area contributed by atoms with Gasteiger partial charge in [0.15, 0.2) is 0 Å². The fourth-order valence-corrected chi connectivity index (χ4v) is 4.63. The molecule has 1 aromatic rings. The van der Waals surface area contributed by atoms with Crippen LogP contribution in [0.5, 0.6) is 0 Å². The number of hydrogen-bond acceptors (Lipinski definition) is 5. The first-order valence-corrected chi connectivity index (χ1v) is 12.0. The van der Waals surface area contributed by atoms with Crippen molar-refractivity contribution in [3.63, 3.8) is 0 Å². The Labute approximate surface area is 167 Å². The zero-order chi connectivity index (χ0) is 20.1. The molecule has 156 valence electrons. The first-order valence-electron chi connectivity index (χ1n) is 9.96. The Bertz CT molecular complexity index is 779. The van der Waals surface area contributed by atoms with Crippen LogP contribution in [0.15, 0.2) is 24.3 Å². The monoisotopic (exact) mass is 411 g/mol. The van der Waals surface area contributed by atoms with Crippen molar-refractivity contribution in [3.05, 3.63) is 35.6 Å². The number of nitrogens with zero attached hydrogens (tertiary/aromatic N) is 3. The molecule has 0 bridgehead atoms. The van der Waals surface area contributed by atoms with Crippen LogP contribution in [0.4, 0.5) is 4.39 Å². The van der Waals surface area contributed by atoms with E-state index >= 15 is 0 Å². The summed E-state index contributed by atoms with van der Waals surface area (Å²) >= 11 is 0. The van der Waals surface area contributed by atoms with E-state index in [4.69, 9.17) is 0 Å². The summed E-state index contributed by atoms with van der Waals surface area (Å²) in [5, 5.41) is 0. The van der Waals surface area contributed by atoms with Crippen molar-refractivity contribution in [2.75, 3.05) is 57.8 Å². The normalized spacial score (nSPS) is 22.4. The Kier molecular flexibility index (Phi) is 7.06. The molecule has 0 radical (unpaired) electrons. The van der Waals surface area contributed by atoms with Gasteiger partial charge in [0.05, 0.1) is 11.7 Å². The van der Waals surface area contributed by atoms with E-state index in [2.05, 4.69) is 9.80 Å². The first-order chi connectivity index (χ1) is 13.3. The second-order valence-electron chi connectivity index (χ2n) is 8.00. The van der Waals surface area contributed by atoms with Crippen LogP contribution in [-0.4, -0.2) is 86.8 Å². The second kappa shape index (κ2) is 9.33. The standard InChI is InChI=1S/C20H30FN3O3S/c1-28(26,27)13-12-22-8-10-24(11-9-22)20(25)18-5-3-7-23(16-18)15-17-4-2-6-19(21)14-17/h2,4,6,14,18H,3,5,7-13,15-16H2,1H3. The van der Waals surface area contributed by atoms with E-state index in [-0.39, 0.29) is 23.4 Å². The van der Waals surface area contributed by atoms with Gasteiger partial charge in [-0.3, -0.25) is 14.6 Å². The molecule has 2 aliphatic rings. The Morgan fingerprint density at radius 1 is 1.14 bits per heavy atom. The van der Waals surface area contributed by atoms with Gasteiger partial charge in [-0.2, -0.15) is 0 Å². The fraction of sp³-hybridized carbons (Fsp3) is 0.650. The topological polar surface area (TPSA) is 60.9 Å². The molecule has 3 rings (SSSR count). The minimum atomic E-state index is -2.96. The number of benzene rings is 1. The van der Waals surface area contributed by atoms with E-state index in [1.54, 1.807) is 12.1 Å². The molecule has 8 heteroatoms. The summed E-state index contributed by atoms with van der Waals surface area (Å²) in [6.07, 6.45) is 3.12. The summed E-state index contributed by atoms with van der Waals surface area (Å²) in [4.78, 5) is 19.2. The molecule has 0 N–H and O–H groups in total. The van der Waals surface area contributed by atoms with Crippen molar-refractivity contribution < 1.29 is 17.6 Å². The van der Waals surface area contributed by atoms with Gasteiger partial charge in [0.2, 0.25) is 5.91 Å². The molecule has 1 unspecified atom stereocenters. The van der Waals surface area contributed by atoms with E-state index in [1.165, 1.54) is 12.3 Å². The van der Waals surface area contributed by atoms with Crippen LogP contribution in [0.25, 0.3) is 0 Å². The summed E-state index contributed by atoms with van der Waals surface area (Å²) < 4.78 is 36.0. The smallest absolute Gasteiger partial charge is 0.227 e. The fourth-order valence-electron chi connectivity index (χ4n) is 4.04. The van der Waals surface area contributed by atoms with Crippen LogP contribution in [0, 0.1) is 11.7 Å². The molecule has 0 aliphatic carbocycles. The zero-order valence-corrected chi connectivity index (χ0v) is 17.3.